The first-order chi connectivity index (χ1) is 8.47. The van der Waals surface area contributed by atoms with Gasteiger partial charge in [0.05, 0.1) is 21.3 Å². The van der Waals surface area contributed by atoms with Crippen LogP contribution in [-0.4, -0.2) is 31.7 Å². The molecule has 0 atom stereocenters. The number of carbonyl (C=O) groups excluding carboxylic acids is 2. The topological polar surface area (TPSA) is 64.6 Å². The number of carbonyl (C=O) groups is 2. The van der Waals surface area contributed by atoms with Crippen molar-refractivity contribution in [2.75, 3.05) is 19.5 Å². The number of benzene rings is 1. The minimum atomic E-state index is -2.03. The lowest BCUT2D eigenvalue weighted by Crippen LogP contribution is -2.56. The highest BCUT2D eigenvalue weighted by Gasteiger charge is 2.52. The lowest BCUT2D eigenvalue weighted by Gasteiger charge is -2.33. The van der Waals surface area contributed by atoms with E-state index in [1.807, 2.05) is 0 Å². The van der Waals surface area contributed by atoms with E-state index in [0.717, 1.165) is 0 Å². The summed E-state index contributed by atoms with van der Waals surface area (Å²) in [6.07, 6.45) is 0. The third-order valence-corrected chi connectivity index (χ3v) is 3.37. The molecule has 7 heteroatoms. The number of methoxy groups -OCH3 is 2. The maximum Gasteiger partial charge on any atom is 0.315 e. The quantitative estimate of drug-likeness (QED) is 0.669. The molecule has 0 bridgehead atoms. The molecule has 1 aromatic rings. The molecule has 1 heterocycles. The Morgan fingerprint density at radius 1 is 1.11 bits per heavy atom. The molecule has 0 aliphatic carbocycles. The van der Waals surface area contributed by atoms with Gasteiger partial charge >= 0.3 is 5.79 Å². The van der Waals surface area contributed by atoms with Crippen LogP contribution in [-0.2, 0) is 14.3 Å². The fourth-order valence-corrected chi connectivity index (χ4v) is 2.26. The molecule has 1 aliphatic heterocycles. The minimum absolute atomic E-state index is 0.0764. The predicted octanol–water partition coefficient (Wildman–Crippen LogP) is 2.12. The highest BCUT2D eigenvalue weighted by atomic mass is 35.5. The lowest BCUT2D eigenvalue weighted by molar-refractivity contribution is -0.182. The summed E-state index contributed by atoms with van der Waals surface area (Å²) in [6.45, 7) is 0. The average molecular weight is 290 g/mol. The zero-order chi connectivity index (χ0) is 13.5. The van der Waals surface area contributed by atoms with Gasteiger partial charge in [-0.25, -0.2) is 0 Å². The molecular weight excluding hydrogens is 281 g/mol. The summed E-state index contributed by atoms with van der Waals surface area (Å²) < 4.78 is 9.84. The molecule has 0 saturated heterocycles. The highest BCUT2D eigenvalue weighted by Crippen LogP contribution is 2.39. The van der Waals surface area contributed by atoms with E-state index >= 15 is 0 Å². The van der Waals surface area contributed by atoms with Gasteiger partial charge in [0.15, 0.2) is 0 Å². The summed E-state index contributed by atoms with van der Waals surface area (Å²) in [4.78, 5) is 24.3. The van der Waals surface area contributed by atoms with Gasteiger partial charge in [0, 0.05) is 14.2 Å². The second-order valence-electron chi connectivity index (χ2n) is 3.59. The van der Waals surface area contributed by atoms with Crippen LogP contribution >= 0.6 is 23.2 Å². The average Bonchev–Trinajstić information content (AvgIpc) is 2.35. The van der Waals surface area contributed by atoms with E-state index in [2.05, 4.69) is 5.32 Å². The van der Waals surface area contributed by atoms with Crippen LogP contribution in [0.15, 0.2) is 12.1 Å². The van der Waals surface area contributed by atoms with Crippen molar-refractivity contribution in [1.82, 2.24) is 0 Å². The first kappa shape index (κ1) is 13.3. The van der Waals surface area contributed by atoms with E-state index < -0.39 is 17.5 Å². The number of nitrogens with one attached hydrogen (secondary N) is 1. The number of ketones is 1. The van der Waals surface area contributed by atoms with Gasteiger partial charge in [-0.2, -0.15) is 0 Å². The van der Waals surface area contributed by atoms with Gasteiger partial charge in [0.1, 0.15) is 0 Å². The molecule has 0 unspecified atom stereocenters. The van der Waals surface area contributed by atoms with Gasteiger partial charge in [0.25, 0.3) is 5.91 Å². The van der Waals surface area contributed by atoms with Crippen molar-refractivity contribution in [2.45, 2.75) is 5.79 Å². The summed E-state index contributed by atoms with van der Waals surface area (Å²) in [5.74, 6) is -3.45. The van der Waals surface area contributed by atoms with Gasteiger partial charge in [-0.1, -0.05) is 23.2 Å². The van der Waals surface area contributed by atoms with Crippen molar-refractivity contribution < 1.29 is 19.1 Å². The van der Waals surface area contributed by atoms with Crippen molar-refractivity contribution in [2.24, 2.45) is 0 Å². The normalized spacial score (nSPS) is 17.3. The largest absolute Gasteiger partial charge is 0.339 e. The van der Waals surface area contributed by atoms with E-state index in [-0.39, 0.29) is 21.3 Å². The van der Waals surface area contributed by atoms with Gasteiger partial charge in [-0.15, -0.1) is 0 Å². The Morgan fingerprint density at radius 3 is 2.22 bits per heavy atom. The van der Waals surface area contributed by atoms with Crippen molar-refractivity contribution >= 4 is 40.6 Å². The van der Waals surface area contributed by atoms with E-state index in [9.17, 15) is 9.59 Å². The molecule has 0 spiro atoms. The predicted molar refractivity (Wildman–Crippen MR) is 66.2 cm³/mol. The van der Waals surface area contributed by atoms with Crippen LogP contribution in [0.3, 0.4) is 0 Å². The third-order valence-electron chi connectivity index (χ3n) is 2.74. The second-order valence-corrected chi connectivity index (χ2v) is 4.40. The molecule has 0 radical (unpaired) electrons. The fraction of sp³-hybridized carbons (Fsp3) is 0.273. The minimum Gasteiger partial charge on any atom is -0.339 e. The molecule has 18 heavy (non-hydrogen) atoms. The Bertz CT molecular complexity index is 540. The summed E-state index contributed by atoms with van der Waals surface area (Å²) in [5, 5.41) is 2.85. The number of hydrogen-bond acceptors (Lipinski definition) is 4. The molecule has 1 aliphatic rings. The number of halogens is 2. The number of rotatable bonds is 2. The van der Waals surface area contributed by atoms with Crippen molar-refractivity contribution in [3.05, 3.63) is 27.7 Å². The Hall–Kier alpha value is -1.14. The monoisotopic (exact) mass is 289 g/mol. The number of fused-ring (bicyclic) bond motifs is 1. The smallest absolute Gasteiger partial charge is 0.315 e. The molecule has 0 aromatic heterocycles. The van der Waals surface area contributed by atoms with Gasteiger partial charge in [0.2, 0.25) is 5.78 Å². The maximum absolute atomic E-state index is 12.3. The van der Waals surface area contributed by atoms with Crippen molar-refractivity contribution in [1.29, 1.82) is 0 Å². The zero-order valence-corrected chi connectivity index (χ0v) is 11.1. The van der Waals surface area contributed by atoms with Crippen molar-refractivity contribution in [3.63, 3.8) is 0 Å². The van der Waals surface area contributed by atoms with E-state index in [4.69, 9.17) is 32.7 Å². The zero-order valence-electron chi connectivity index (χ0n) is 9.54. The molecule has 0 fully saturated rings. The first-order valence-corrected chi connectivity index (χ1v) is 5.68. The fourth-order valence-electron chi connectivity index (χ4n) is 1.81. The number of anilines is 1. The number of hydrogen-bond donors (Lipinski definition) is 1. The summed E-state index contributed by atoms with van der Waals surface area (Å²) in [7, 11) is 2.40. The maximum atomic E-state index is 12.3. The molecule has 2 rings (SSSR count). The van der Waals surface area contributed by atoms with Crippen molar-refractivity contribution in [3.8, 4) is 0 Å². The SMILES string of the molecule is COC1(OC)C(=O)Nc2c(Cl)ccc(Cl)c2C1=O. The summed E-state index contributed by atoms with van der Waals surface area (Å²) in [6, 6.07) is 2.96. The van der Waals surface area contributed by atoms with Crippen LogP contribution in [0, 0.1) is 0 Å². The molecular formula is C11H9Cl2NO4. The Labute approximate surface area is 113 Å². The second kappa shape index (κ2) is 4.51. The van der Waals surface area contributed by atoms with Crippen LogP contribution in [0.2, 0.25) is 10.0 Å². The van der Waals surface area contributed by atoms with Gasteiger partial charge in [-0.05, 0) is 12.1 Å². The van der Waals surface area contributed by atoms with Crippen LogP contribution in [0.5, 0.6) is 0 Å². The molecule has 1 N–H and O–H groups in total. The summed E-state index contributed by atoms with van der Waals surface area (Å²) >= 11 is 11.9. The molecule has 1 aromatic carbocycles. The lowest BCUT2D eigenvalue weighted by atomic mass is 9.96. The number of ether oxygens (including phenoxy) is 2. The molecule has 5 nitrogen and oxygen atoms in total. The highest BCUT2D eigenvalue weighted by molar-refractivity contribution is 6.42. The van der Waals surface area contributed by atoms with Crippen LogP contribution in [0.25, 0.3) is 0 Å². The number of amides is 1. The summed E-state index contributed by atoms with van der Waals surface area (Å²) in [5.41, 5.74) is 0.247. The molecule has 96 valence electrons. The molecule has 0 saturated carbocycles. The van der Waals surface area contributed by atoms with Gasteiger partial charge in [-0.3, -0.25) is 9.59 Å². The standard InChI is InChI=1S/C11H9Cl2NO4/c1-17-11(18-2)9(15)7-5(12)3-4-6(13)8(7)14-10(11)16/h3-4H,1-2H3,(H,14,16). The Kier molecular flexibility index (Phi) is 3.33. The first-order valence-electron chi connectivity index (χ1n) is 4.92. The van der Waals surface area contributed by atoms with E-state index in [1.165, 1.54) is 26.4 Å². The van der Waals surface area contributed by atoms with Gasteiger partial charge < -0.3 is 14.8 Å². The molecule has 1 amide bonds. The number of Topliss-reactive ketones (excluding diaryl/α,β-unsaturated/α-hetero) is 1. The van der Waals surface area contributed by atoms with E-state index in [0.29, 0.717) is 0 Å². The van der Waals surface area contributed by atoms with E-state index in [1.54, 1.807) is 0 Å². The van der Waals surface area contributed by atoms with Crippen LogP contribution in [0.4, 0.5) is 5.69 Å². The third kappa shape index (κ3) is 1.63. The van der Waals surface area contributed by atoms with Crippen LogP contribution < -0.4 is 5.32 Å². The Balaban J connectivity index is 2.70. The Morgan fingerprint density at radius 2 is 1.67 bits per heavy atom. The van der Waals surface area contributed by atoms with Crippen LogP contribution in [0.1, 0.15) is 10.4 Å².